The van der Waals surface area contributed by atoms with E-state index in [4.69, 9.17) is 9.47 Å². The van der Waals surface area contributed by atoms with Crippen molar-refractivity contribution in [3.63, 3.8) is 0 Å². The molecule has 0 saturated carbocycles. The van der Waals surface area contributed by atoms with Gasteiger partial charge in [-0.25, -0.2) is 8.42 Å². The zero-order valence-electron chi connectivity index (χ0n) is 15.2. The van der Waals surface area contributed by atoms with Crippen molar-refractivity contribution in [3.8, 4) is 11.5 Å². The first-order valence-corrected chi connectivity index (χ1v) is 9.62. The number of methoxy groups -OCH3 is 2. The third-order valence-corrected chi connectivity index (χ3v) is 5.88. The number of nitrogens with zero attached hydrogens (tertiary/aromatic N) is 1. The number of aryl methyl sites for hydroxylation is 1. The molecule has 0 N–H and O–H groups in total. The molecule has 2 aromatic carbocycles. The van der Waals surface area contributed by atoms with Crippen molar-refractivity contribution in [3.05, 3.63) is 53.6 Å². The predicted molar refractivity (Wildman–Crippen MR) is 98.6 cm³/mol. The fraction of sp³-hybridized carbons (Fsp3) is 0.368. The van der Waals surface area contributed by atoms with E-state index in [0.29, 0.717) is 16.4 Å². The first kappa shape index (κ1) is 19.3. The predicted octanol–water partition coefficient (Wildman–Crippen LogP) is 3.48. The molecule has 5 nitrogen and oxygen atoms in total. The molecule has 0 amide bonds. The molecule has 136 valence electrons. The first-order chi connectivity index (χ1) is 11.9. The standard InChI is InChI=1S/C19H25NO4S/c1-5-6-15-7-11-18(12-8-15)25(21,22)20(2)14-16-9-10-17(23-3)13-19(16)24-4/h7-13H,5-6,14H2,1-4H3. The van der Waals surface area contributed by atoms with Crippen LogP contribution in [0.5, 0.6) is 11.5 Å². The summed E-state index contributed by atoms with van der Waals surface area (Å²) in [5.41, 5.74) is 1.91. The summed E-state index contributed by atoms with van der Waals surface area (Å²) in [7, 11) is 1.14. The van der Waals surface area contributed by atoms with Crippen molar-refractivity contribution in [2.45, 2.75) is 31.2 Å². The van der Waals surface area contributed by atoms with Crippen LogP contribution in [0.2, 0.25) is 0 Å². The van der Waals surface area contributed by atoms with E-state index in [9.17, 15) is 8.42 Å². The monoisotopic (exact) mass is 363 g/mol. The highest BCUT2D eigenvalue weighted by Crippen LogP contribution is 2.27. The fourth-order valence-corrected chi connectivity index (χ4v) is 3.75. The van der Waals surface area contributed by atoms with Gasteiger partial charge in [0.05, 0.1) is 19.1 Å². The van der Waals surface area contributed by atoms with Gasteiger partial charge in [-0.1, -0.05) is 31.5 Å². The van der Waals surface area contributed by atoms with E-state index in [1.807, 2.05) is 18.2 Å². The molecule has 0 bridgehead atoms. The molecule has 0 fully saturated rings. The van der Waals surface area contributed by atoms with Crippen LogP contribution in [0.1, 0.15) is 24.5 Å². The highest BCUT2D eigenvalue weighted by molar-refractivity contribution is 7.89. The van der Waals surface area contributed by atoms with Gasteiger partial charge in [-0.15, -0.1) is 0 Å². The molecular formula is C19H25NO4S. The van der Waals surface area contributed by atoms with E-state index < -0.39 is 10.0 Å². The first-order valence-electron chi connectivity index (χ1n) is 8.18. The molecule has 0 atom stereocenters. The van der Waals surface area contributed by atoms with Crippen molar-refractivity contribution in [1.82, 2.24) is 4.31 Å². The second kappa shape index (κ2) is 8.36. The second-order valence-corrected chi connectivity index (χ2v) is 7.88. The lowest BCUT2D eigenvalue weighted by Gasteiger charge is -2.19. The molecule has 0 spiro atoms. The number of rotatable bonds is 8. The zero-order chi connectivity index (χ0) is 18.4. The van der Waals surface area contributed by atoms with Crippen LogP contribution >= 0.6 is 0 Å². The Morgan fingerprint density at radius 3 is 2.24 bits per heavy atom. The van der Waals surface area contributed by atoms with Crippen LogP contribution in [-0.2, 0) is 23.0 Å². The van der Waals surface area contributed by atoms with E-state index in [2.05, 4.69) is 6.92 Å². The Bertz CT molecular complexity index is 801. The minimum Gasteiger partial charge on any atom is -0.497 e. The van der Waals surface area contributed by atoms with Crippen LogP contribution < -0.4 is 9.47 Å². The molecule has 2 rings (SSSR count). The van der Waals surface area contributed by atoms with Crippen molar-refractivity contribution < 1.29 is 17.9 Å². The maximum atomic E-state index is 12.8. The van der Waals surface area contributed by atoms with Gasteiger partial charge in [0.25, 0.3) is 0 Å². The van der Waals surface area contributed by atoms with Crippen LogP contribution in [0.15, 0.2) is 47.4 Å². The Balaban J connectivity index is 2.22. The molecule has 0 heterocycles. The van der Waals surface area contributed by atoms with Gasteiger partial charge in [0.1, 0.15) is 11.5 Å². The van der Waals surface area contributed by atoms with Crippen LogP contribution in [-0.4, -0.2) is 34.0 Å². The third kappa shape index (κ3) is 4.52. The molecule has 6 heteroatoms. The lowest BCUT2D eigenvalue weighted by atomic mass is 10.1. The van der Waals surface area contributed by atoms with E-state index in [1.165, 1.54) is 4.31 Å². The van der Waals surface area contributed by atoms with E-state index >= 15 is 0 Å². The smallest absolute Gasteiger partial charge is 0.243 e. The Hall–Kier alpha value is -2.05. The number of benzene rings is 2. The molecule has 0 aliphatic carbocycles. The Morgan fingerprint density at radius 1 is 1.00 bits per heavy atom. The van der Waals surface area contributed by atoms with E-state index in [1.54, 1.807) is 45.5 Å². The summed E-state index contributed by atoms with van der Waals surface area (Å²) in [6.07, 6.45) is 1.97. The fourth-order valence-electron chi connectivity index (χ4n) is 2.60. The highest BCUT2D eigenvalue weighted by Gasteiger charge is 2.22. The van der Waals surface area contributed by atoms with Crippen molar-refractivity contribution in [1.29, 1.82) is 0 Å². The number of hydrogen-bond donors (Lipinski definition) is 0. The molecule has 0 aliphatic rings. The maximum absolute atomic E-state index is 12.8. The molecular weight excluding hydrogens is 338 g/mol. The van der Waals surface area contributed by atoms with E-state index in [0.717, 1.165) is 24.0 Å². The minimum absolute atomic E-state index is 0.214. The van der Waals surface area contributed by atoms with Crippen LogP contribution in [0, 0.1) is 0 Å². The molecule has 0 aliphatic heterocycles. The van der Waals surface area contributed by atoms with Gasteiger partial charge < -0.3 is 9.47 Å². The average Bonchev–Trinajstić information content (AvgIpc) is 2.62. The van der Waals surface area contributed by atoms with Gasteiger partial charge in [-0.05, 0) is 30.2 Å². The summed E-state index contributed by atoms with van der Waals surface area (Å²) in [5.74, 6) is 1.26. The number of hydrogen-bond acceptors (Lipinski definition) is 4. The van der Waals surface area contributed by atoms with Crippen molar-refractivity contribution >= 4 is 10.0 Å². The maximum Gasteiger partial charge on any atom is 0.243 e. The van der Waals surface area contributed by atoms with Gasteiger partial charge in [0, 0.05) is 25.2 Å². The quantitative estimate of drug-likeness (QED) is 0.720. The summed E-state index contributed by atoms with van der Waals surface area (Å²) >= 11 is 0. The summed E-state index contributed by atoms with van der Waals surface area (Å²) in [6, 6.07) is 12.4. The molecule has 0 unspecified atom stereocenters. The second-order valence-electron chi connectivity index (χ2n) is 5.83. The SMILES string of the molecule is CCCc1ccc(S(=O)(=O)N(C)Cc2ccc(OC)cc2OC)cc1. The molecule has 0 radical (unpaired) electrons. The number of sulfonamides is 1. The Kier molecular flexibility index (Phi) is 6.45. The summed E-state index contributed by atoms with van der Waals surface area (Å²) in [5, 5.41) is 0. The average molecular weight is 363 g/mol. The normalized spacial score (nSPS) is 11.6. The molecule has 2 aromatic rings. The molecule has 25 heavy (non-hydrogen) atoms. The topological polar surface area (TPSA) is 55.8 Å². The third-order valence-electron chi connectivity index (χ3n) is 4.06. The van der Waals surface area contributed by atoms with Gasteiger partial charge in [-0.3, -0.25) is 0 Å². The summed E-state index contributed by atoms with van der Waals surface area (Å²) in [6.45, 7) is 2.31. The zero-order valence-corrected chi connectivity index (χ0v) is 16.0. The minimum atomic E-state index is -3.56. The Labute approximate surface area is 150 Å². The summed E-state index contributed by atoms with van der Waals surface area (Å²) < 4.78 is 37.4. The lowest BCUT2D eigenvalue weighted by molar-refractivity contribution is 0.384. The number of ether oxygens (including phenoxy) is 2. The van der Waals surface area contributed by atoms with Crippen LogP contribution in [0.4, 0.5) is 0 Å². The van der Waals surface area contributed by atoms with Crippen LogP contribution in [0.25, 0.3) is 0 Å². The van der Waals surface area contributed by atoms with Gasteiger partial charge >= 0.3 is 0 Å². The lowest BCUT2D eigenvalue weighted by Crippen LogP contribution is -2.26. The molecule has 0 saturated heterocycles. The van der Waals surface area contributed by atoms with E-state index in [-0.39, 0.29) is 6.54 Å². The van der Waals surface area contributed by atoms with Crippen molar-refractivity contribution in [2.75, 3.05) is 21.3 Å². The van der Waals surface area contributed by atoms with Crippen molar-refractivity contribution in [2.24, 2.45) is 0 Å². The summed E-state index contributed by atoms with van der Waals surface area (Å²) in [4.78, 5) is 0.294. The Morgan fingerprint density at radius 2 is 1.68 bits per heavy atom. The van der Waals surface area contributed by atoms with Gasteiger partial charge in [-0.2, -0.15) is 4.31 Å². The van der Waals surface area contributed by atoms with Crippen LogP contribution in [0.3, 0.4) is 0 Å². The largest absolute Gasteiger partial charge is 0.497 e. The highest BCUT2D eigenvalue weighted by atomic mass is 32.2. The van der Waals surface area contributed by atoms with Gasteiger partial charge in [0.2, 0.25) is 10.0 Å². The van der Waals surface area contributed by atoms with Gasteiger partial charge in [0.15, 0.2) is 0 Å². The molecule has 0 aromatic heterocycles.